The van der Waals surface area contributed by atoms with Crippen molar-refractivity contribution in [3.8, 4) is 0 Å². The van der Waals surface area contributed by atoms with Crippen LogP contribution in [0.2, 0.25) is 0 Å². The predicted molar refractivity (Wildman–Crippen MR) is 99.5 cm³/mol. The van der Waals surface area contributed by atoms with E-state index in [1.807, 2.05) is 4.90 Å². The highest BCUT2D eigenvalue weighted by Gasteiger charge is 2.32. The van der Waals surface area contributed by atoms with E-state index in [0.717, 1.165) is 45.1 Å². The third kappa shape index (κ3) is 3.80. The smallest absolute Gasteiger partial charge is 0.253 e. The third-order valence-electron chi connectivity index (χ3n) is 5.88. The van der Waals surface area contributed by atoms with Gasteiger partial charge in [-0.1, -0.05) is 18.9 Å². The number of nitrogens with one attached hydrogen (secondary N) is 2. The van der Waals surface area contributed by atoms with Gasteiger partial charge in [0.2, 0.25) is 10.0 Å². The van der Waals surface area contributed by atoms with Gasteiger partial charge in [0.25, 0.3) is 5.91 Å². The zero-order valence-electron chi connectivity index (χ0n) is 15.0. The number of sulfonamides is 1. The highest BCUT2D eigenvalue weighted by Crippen LogP contribution is 2.23. The minimum absolute atomic E-state index is 0.0200. The Kier molecular flexibility index (Phi) is 5.03. The molecule has 3 fully saturated rings. The fourth-order valence-corrected chi connectivity index (χ4v) is 5.79. The molecule has 2 N–H and O–H groups in total. The molecule has 3 aliphatic rings. The first-order chi connectivity index (χ1) is 12.5. The Balaban J connectivity index is 1.50. The van der Waals surface area contributed by atoms with E-state index in [4.69, 9.17) is 0 Å². The first kappa shape index (κ1) is 17.9. The van der Waals surface area contributed by atoms with Crippen LogP contribution in [0.4, 0.5) is 0 Å². The Labute approximate surface area is 155 Å². The summed E-state index contributed by atoms with van der Waals surface area (Å²) in [6.07, 6.45) is 7.17. The quantitative estimate of drug-likeness (QED) is 0.840. The standard InChI is InChI=1S/C19H27N3O3S/c23-19(22-11-10-15-8-9-17(13-22)20-15)14-4-3-7-18(12-14)26(24,25)21-16-5-1-2-6-16/h3-4,7,12,15-17,20-21H,1-2,5-6,8-11,13H2/t15-,17+/m0/s1. The molecule has 142 valence electrons. The van der Waals surface area contributed by atoms with E-state index >= 15 is 0 Å². The average Bonchev–Trinajstić information content (AvgIpc) is 3.23. The van der Waals surface area contributed by atoms with Gasteiger partial charge in [-0.3, -0.25) is 4.79 Å². The Hall–Kier alpha value is -1.44. The minimum Gasteiger partial charge on any atom is -0.337 e. The largest absolute Gasteiger partial charge is 0.337 e. The summed E-state index contributed by atoms with van der Waals surface area (Å²) in [7, 11) is -3.58. The van der Waals surface area contributed by atoms with Gasteiger partial charge in [0.15, 0.2) is 0 Å². The second-order valence-corrected chi connectivity index (χ2v) is 9.52. The molecule has 2 saturated heterocycles. The maximum Gasteiger partial charge on any atom is 0.253 e. The summed E-state index contributed by atoms with van der Waals surface area (Å²) in [4.78, 5) is 15.0. The van der Waals surface area contributed by atoms with E-state index in [9.17, 15) is 13.2 Å². The molecule has 1 aromatic carbocycles. The monoisotopic (exact) mass is 377 g/mol. The lowest BCUT2D eigenvalue weighted by atomic mass is 10.1. The molecule has 4 rings (SSSR count). The van der Waals surface area contributed by atoms with Crippen LogP contribution in [-0.4, -0.2) is 50.4 Å². The van der Waals surface area contributed by atoms with E-state index in [0.29, 0.717) is 24.2 Å². The number of nitrogens with zero attached hydrogens (tertiary/aromatic N) is 1. The minimum atomic E-state index is -3.58. The van der Waals surface area contributed by atoms with Gasteiger partial charge < -0.3 is 10.2 Å². The summed E-state index contributed by atoms with van der Waals surface area (Å²) in [6.45, 7) is 1.43. The molecule has 7 heteroatoms. The van der Waals surface area contributed by atoms with Crippen LogP contribution in [0.3, 0.4) is 0 Å². The van der Waals surface area contributed by atoms with Crippen molar-refractivity contribution in [3.05, 3.63) is 29.8 Å². The normalized spacial score (nSPS) is 26.8. The highest BCUT2D eigenvalue weighted by atomic mass is 32.2. The molecule has 0 radical (unpaired) electrons. The van der Waals surface area contributed by atoms with E-state index in [-0.39, 0.29) is 16.8 Å². The van der Waals surface area contributed by atoms with Gasteiger partial charge in [0.05, 0.1) is 4.90 Å². The summed E-state index contributed by atoms with van der Waals surface area (Å²) in [5.74, 6) is -0.0720. The molecule has 0 aromatic heterocycles. The predicted octanol–water partition coefficient (Wildman–Crippen LogP) is 1.87. The summed E-state index contributed by atoms with van der Waals surface area (Å²) < 4.78 is 28.1. The molecule has 2 heterocycles. The molecular weight excluding hydrogens is 350 g/mol. The molecule has 1 aliphatic carbocycles. The number of hydrogen-bond acceptors (Lipinski definition) is 4. The van der Waals surface area contributed by atoms with Crippen LogP contribution in [0.5, 0.6) is 0 Å². The van der Waals surface area contributed by atoms with Crippen molar-refractivity contribution in [1.29, 1.82) is 0 Å². The Morgan fingerprint density at radius 1 is 1.08 bits per heavy atom. The molecule has 0 spiro atoms. The molecule has 2 atom stereocenters. The van der Waals surface area contributed by atoms with Crippen LogP contribution in [0, 0.1) is 0 Å². The van der Waals surface area contributed by atoms with Gasteiger partial charge in [-0.05, 0) is 50.3 Å². The maximum absolute atomic E-state index is 12.9. The molecule has 1 amide bonds. The number of likely N-dealkylation sites (tertiary alicyclic amines) is 1. The highest BCUT2D eigenvalue weighted by molar-refractivity contribution is 7.89. The zero-order chi connectivity index (χ0) is 18.1. The maximum atomic E-state index is 12.9. The van der Waals surface area contributed by atoms with Gasteiger partial charge >= 0.3 is 0 Å². The number of amides is 1. The lowest BCUT2D eigenvalue weighted by Gasteiger charge is -2.24. The van der Waals surface area contributed by atoms with E-state index < -0.39 is 10.0 Å². The summed E-state index contributed by atoms with van der Waals surface area (Å²) in [5.41, 5.74) is 0.456. The number of hydrogen-bond donors (Lipinski definition) is 2. The van der Waals surface area contributed by atoms with Gasteiger partial charge in [-0.25, -0.2) is 13.1 Å². The third-order valence-corrected chi connectivity index (χ3v) is 7.40. The number of rotatable bonds is 4. The van der Waals surface area contributed by atoms with Crippen molar-refractivity contribution >= 4 is 15.9 Å². The molecule has 6 nitrogen and oxygen atoms in total. The van der Waals surface area contributed by atoms with Crippen LogP contribution in [0.15, 0.2) is 29.2 Å². The number of carbonyl (C=O) groups excluding carboxylic acids is 1. The zero-order valence-corrected chi connectivity index (χ0v) is 15.8. The van der Waals surface area contributed by atoms with E-state index in [2.05, 4.69) is 10.0 Å². The number of fused-ring (bicyclic) bond motifs is 2. The Morgan fingerprint density at radius 2 is 1.85 bits per heavy atom. The van der Waals surface area contributed by atoms with Gasteiger partial charge in [-0.2, -0.15) is 0 Å². The van der Waals surface area contributed by atoms with Crippen molar-refractivity contribution in [1.82, 2.24) is 14.9 Å². The fourth-order valence-electron chi connectivity index (χ4n) is 4.44. The average molecular weight is 378 g/mol. The molecule has 2 bridgehead atoms. The molecule has 1 aromatic rings. The van der Waals surface area contributed by atoms with Crippen LogP contribution >= 0.6 is 0 Å². The van der Waals surface area contributed by atoms with E-state index in [1.54, 1.807) is 18.2 Å². The summed E-state index contributed by atoms with van der Waals surface area (Å²) in [5, 5.41) is 3.57. The van der Waals surface area contributed by atoms with Gasteiger partial charge in [0.1, 0.15) is 0 Å². The fraction of sp³-hybridized carbons (Fsp3) is 0.632. The van der Waals surface area contributed by atoms with E-state index in [1.165, 1.54) is 12.5 Å². The molecular formula is C19H27N3O3S. The molecule has 2 aliphatic heterocycles. The Morgan fingerprint density at radius 3 is 2.65 bits per heavy atom. The number of carbonyl (C=O) groups is 1. The molecule has 1 saturated carbocycles. The second kappa shape index (κ2) is 7.29. The van der Waals surface area contributed by atoms with Crippen molar-refractivity contribution in [2.24, 2.45) is 0 Å². The SMILES string of the molecule is O=C(c1cccc(S(=O)(=O)NC2CCCC2)c1)N1CC[C@@H]2CC[C@H](C1)N2. The first-order valence-corrected chi connectivity index (χ1v) is 11.2. The van der Waals surface area contributed by atoms with Crippen LogP contribution < -0.4 is 10.0 Å². The van der Waals surface area contributed by atoms with Crippen molar-refractivity contribution in [3.63, 3.8) is 0 Å². The van der Waals surface area contributed by atoms with Gasteiger partial charge in [-0.15, -0.1) is 0 Å². The lowest BCUT2D eigenvalue weighted by molar-refractivity contribution is 0.0748. The molecule has 26 heavy (non-hydrogen) atoms. The first-order valence-electron chi connectivity index (χ1n) is 9.69. The van der Waals surface area contributed by atoms with Gasteiger partial charge in [0, 0.05) is 36.8 Å². The van der Waals surface area contributed by atoms with Crippen molar-refractivity contribution < 1.29 is 13.2 Å². The lowest BCUT2D eigenvalue weighted by Crippen LogP contribution is -2.39. The van der Waals surface area contributed by atoms with Crippen LogP contribution in [0.1, 0.15) is 55.3 Å². The topological polar surface area (TPSA) is 78.5 Å². The molecule has 0 unspecified atom stereocenters. The summed E-state index contributed by atoms with van der Waals surface area (Å²) >= 11 is 0. The summed E-state index contributed by atoms with van der Waals surface area (Å²) in [6, 6.07) is 7.37. The van der Waals surface area contributed by atoms with Crippen molar-refractivity contribution in [2.45, 2.75) is 68.0 Å². The van der Waals surface area contributed by atoms with Crippen LogP contribution in [0.25, 0.3) is 0 Å². The second-order valence-electron chi connectivity index (χ2n) is 7.81. The Bertz CT molecular complexity index is 774. The number of benzene rings is 1. The van der Waals surface area contributed by atoms with Crippen LogP contribution in [-0.2, 0) is 10.0 Å². The van der Waals surface area contributed by atoms with Crippen molar-refractivity contribution in [2.75, 3.05) is 13.1 Å².